The topological polar surface area (TPSA) is 31.6 Å². The molecular formula is C12H22O3Si. The van der Waals surface area contributed by atoms with Crippen molar-refractivity contribution in [3.63, 3.8) is 0 Å². The zero-order valence-electron chi connectivity index (χ0n) is 10.9. The Hall–Kier alpha value is -0.583. The molecule has 0 bridgehead atoms. The molecule has 0 aliphatic heterocycles. The van der Waals surface area contributed by atoms with Crippen LogP contribution in [0.5, 0.6) is 0 Å². The lowest BCUT2D eigenvalue weighted by Crippen LogP contribution is -2.36. The van der Waals surface area contributed by atoms with Crippen molar-refractivity contribution < 1.29 is 13.9 Å². The summed E-state index contributed by atoms with van der Waals surface area (Å²) >= 11 is 0. The van der Waals surface area contributed by atoms with Crippen LogP contribution in [-0.4, -0.2) is 21.3 Å². The van der Waals surface area contributed by atoms with Crippen molar-refractivity contribution in [1.29, 1.82) is 0 Å². The van der Waals surface area contributed by atoms with Gasteiger partial charge in [0.25, 0.3) is 0 Å². The van der Waals surface area contributed by atoms with Crippen molar-refractivity contribution in [2.75, 3.05) is 13.2 Å². The van der Waals surface area contributed by atoms with Gasteiger partial charge in [0, 0.05) is 13.2 Å². The Labute approximate surface area is 98.8 Å². The maximum absolute atomic E-state index is 5.83. The quantitative estimate of drug-likeness (QED) is 0.568. The molecule has 0 aliphatic carbocycles. The van der Waals surface area contributed by atoms with Gasteiger partial charge in [0.2, 0.25) is 6.29 Å². The molecule has 0 atom stereocenters. The summed E-state index contributed by atoms with van der Waals surface area (Å²) in [6, 6.07) is 4.01. The van der Waals surface area contributed by atoms with Gasteiger partial charge < -0.3 is 13.9 Å². The molecule has 0 fully saturated rings. The molecule has 0 N–H and O–H groups in total. The Morgan fingerprint density at radius 1 is 1.12 bits per heavy atom. The molecule has 0 aromatic carbocycles. The Balaban J connectivity index is 2.81. The highest BCUT2D eigenvalue weighted by Crippen LogP contribution is 2.19. The second-order valence-corrected chi connectivity index (χ2v) is 9.69. The van der Waals surface area contributed by atoms with E-state index >= 15 is 0 Å². The summed E-state index contributed by atoms with van der Waals surface area (Å²) in [5.41, 5.74) is 0. The SMILES string of the molecule is CCOC(OCC)c1ccc([Si](C)(C)C)o1. The average Bonchev–Trinajstić information content (AvgIpc) is 2.65. The Morgan fingerprint density at radius 2 is 1.69 bits per heavy atom. The van der Waals surface area contributed by atoms with E-state index in [2.05, 4.69) is 19.6 Å². The van der Waals surface area contributed by atoms with E-state index < -0.39 is 8.07 Å². The van der Waals surface area contributed by atoms with Crippen molar-refractivity contribution in [3.05, 3.63) is 17.9 Å². The fourth-order valence-corrected chi connectivity index (χ4v) is 2.41. The molecule has 0 saturated heterocycles. The molecule has 1 aromatic heterocycles. The van der Waals surface area contributed by atoms with Crippen LogP contribution in [-0.2, 0) is 9.47 Å². The van der Waals surface area contributed by atoms with E-state index in [1.54, 1.807) is 0 Å². The second kappa shape index (κ2) is 5.66. The molecular weight excluding hydrogens is 220 g/mol. The van der Waals surface area contributed by atoms with Crippen LogP contribution in [0.4, 0.5) is 0 Å². The molecule has 0 aliphatic rings. The van der Waals surface area contributed by atoms with E-state index in [0.29, 0.717) is 13.2 Å². The normalized spacial score (nSPS) is 12.4. The van der Waals surface area contributed by atoms with Crippen LogP contribution in [0, 0.1) is 0 Å². The van der Waals surface area contributed by atoms with Crippen molar-refractivity contribution in [2.24, 2.45) is 0 Å². The highest BCUT2D eigenvalue weighted by Gasteiger charge is 2.23. The first-order valence-electron chi connectivity index (χ1n) is 5.82. The van der Waals surface area contributed by atoms with E-state index in [1.165, 1.54) is 0 Å². The van der Waals surface area contributed by atoms with Crippen LogP contribution in [0.1, 0.15) is 25.9 Å². The van der Waals surface area contributed by atoms with Gasteiger partial charge in [-0.25, -0.2) is 0 Å². The Kier molecular flexibility index (Phi) is 4.77. The summed E-state index contributed by atoms with van der Waals surface area (Å²) in [7, 11) is -1.38. The monoisotopic (exact) mass is 242 g/mol. The summed E-state index contributed by atoms with van der Waals surface area (Å²) in [6.45, 7) is 11.9. The lowest BCUT2D eigenvalue weighted by molar-refractivity contribution is -0.150. The summed E-state index contributed by atoms with van der Waals surface area (Å²) in [4.78, 5) is 0. The molecule has 92 valence electrons. The number of hydrogen-bond donors (Lipinski definition) is 0. The first kappa shape index (κ1) is 13.5. The first-order valence-corrected chi connectivity index (χ1v) is 9.32. The van der Waals surface area contributed by atoms with E-state index in [0.717, 1.165) is 11.1 Å². The predicted octanol–water partition coefficient (Wildman–Crippen LogP) is 2.90. The molecule has 3 nitrogen and oxygen atoms in total. The van der Waals surface area contributed by atoms with Gasteiger partial charge >= 0.3 is 0 Å². The highest BCUT2D eigenvalue weighted by atomic mass is 28.3. The fourth-order valence-electron chi connectivity index (χ4n) is 1.40. The molecule has 0 radical (unpaired) electrons. The third kappa shape index (κ3) is 3.47. The van der Waals surface area contributed by atoms with Crippen molar-refractivity contribution >= 4 is 13.5 Å². The molecule has 1 aromatic rings. The van der Waals surface area contributed by atoms with E-state index in [4.69, 9.17) is 13.9 Å². The third-order valence-corrected chi connectivity index (χ3v) is 3.98. The van der Waals surface area contributed by atoms with Crippen LogP contribution < -0.4 is 5.38 Å². The molecule has 4 heteroatoms. The summed E-state index contributed by atoms with van der Waals surface area (Å²) in [5, 5.41) is 1.09. The van der Waals surface area contributed by atoms with Crippen LogP contribution in [0.25, 0.3) is 0 Å². The Morgan fingerprint density at radius 3 is 2.06 bits per heavy atom. The van der Waals surface area contributed by atoms with Gasteiger partial charge in [-0.1, -0.05) is 19.6 Å². The highest BCUT2D eigenvalue weighted by molar-refractivity contribution is 6.87. The van der Waals surface area contributed by atoms with E-state index in [-0.39, 0.29) is 6.29 Å². The molecule has 0 saturated carbocycles. The standard InChI is InChI=1S/C12H22O3Si/c1-6-13-12(14-7-2)10-8-9-11(15-10)16(3,4)5/h8-9,12H,6-7H2,1-5H3. The predicted molar refractivity (Wildman–Crippen MR) is 67.7 cm³/mol. The van der Waals surface area contributed by atoms with E-state index in [9.17, 15) is 0 Å². The molecule has 16 heavy (non-hydrogen) atoms. The maximum atomic E-state index is 5.83. The average molecular weight is 242 g/mol. The summed E-state index contributed by atoms with van der Waals surface area (Å²) < 4.78 is 16.8. The van der Waals surface area contributed by atoms with Crippen LogP contribution >= 0.6 is 0 Å². The molecule has 0 unspecified atom stereocenters. The van der Waals surface area contributed by atoms with Crippen molar-refractivity contribution in [1.82, 2.24) is 0 Å². The first-order chi connectivity index (χ1) is 7.49. The minimum atomic E-state index is -1.38. The number of ether oxygens (including phenoxy) is 2. The van der Waals surface area contributed by atoms with E-state index in [1.807, 2.05) is 26.0 Å². The van der Waals surface area contributed by atoms with Gasteiger partial charge in [0.15, 0.2) is 5.76 Å². The van der Waals surface area contributed by atoms with Gasteiger partial charge in [-0.15, -0.1) is 0 Å². The fraction of sp³-hybridized carbons (Fsp3) is 0.667. The van der Waals surface area contributed by atoms with Gasteiger partial charge in [-0.3, -0.25) is 0 Å². The van der Waals surface area contributed by atoms with Crippen LogP contribution in [0.3, 0.4) is 0 Å². The largest absolute Gasteiger partial charge is 0.466 e. The van der Waals surface area contributed by atoms with Gasteiger partial charge in [-0.2, -0.15) is 0 Å². The zero-order valence-corrected chi connectivity index (χ0v) is 11.9. The minimum absolute atomic E-state index is 0.361. The number of furan rings is 1. The molecule has 1 rings (SSSR count). The van der Waals surface area contributed by atoms with Crippen molar-refractivity contribution in [2.45, 2.75) is 39.8 Å². The molecule has 0 spiro atoms. The second-order valence-electron chi connectivity index (χ2n) is 4.69. The molecule has 0 amide bonds. The van der Waals surface area contributed by atoms with Gasteiger partial charge in [0.05, 0.1) is 5.38 Å². The lowest BCUT2D eigenvalue weighted by Gasteiger charge is -2.15. The lowest BCUT2D eigenvalue weighted by atomic mass is 10.4. The maximum Gasteiger partial charge on any atom is 0.217 e. The molecule has 1 heterocycles. The van der Waals surface area contributed by atoms with Crippen molar-refractivity contribution in [3.8, 4) is 0 Å². The van der Waals surface area contributed by atoms with Gasteiger partial charge in [0.1, 0.15) is 8.07 Å². The third-order valence-electron chi connectivity index (χ3n) is 2.23. The number of rotatable bonds is 6. The zero-order chi connectivity index (χ0) is 12.2. The summed E-state index contributed by atoms with van der Waals surface area (Å²) in [6.07, 6.45) is -0.361. The smallest absolute Gasteiger partial charge is 0.217 e. The summed E-state index contributed by atoms with van der Waals surface area (Å²) in [5.74, 6) is 0.779. The van der Waals surface area contributed by atoms with Crippen LogP contribution in [0.15, 0.2) is 16.5 Å². The van der Waals surface area contributed by atoms with Crippen LogP contribution in [0.2, 0.25) is 19.6 Å². The number of hydrogen-bond acceptors (Lipinski definition) is 3. The minimum Gasteiger partial charge on any atom is -0.466 e. The van der Waals surface area contributed by atoms with Gasteiger partial charge in [-0.05, 0) is 26.0 Å². The Bertz CT molecular complexity index is 308.